The lowest BCUT2D eigenvalue weighted by atomic mass is 9.96. The van der Waals surface area contributed by atoms with Crippen molar-refractivity contribution in [1.82, 2.24) is 9.97 Å². The molecule has 1 rings (SSSR count). The number of aromatic amines is 1. The van der Waals surface area contributed by atoms with Gasteiger partial charge in [0.15, 0.2) is 0 Å². The summed E-state index contributed by atoms with van der Waals surface area (Å²) >= 11 is 0. The number of aromatic nitrogens is 2. The van der Waals surface area contributed by atoms with E-state index in [1.54, 1.807) is 6.33 Å². The lowest BCUT2D eigenvalue weighted by Crippen LogP contribution is -1.99. The minimum Gasteiger partial charge on any atom is -0.348 e. The van der Waals surface area contributed by atoms with Crippen LogP contribution in [0.5, 0.6) is 0 Å². The van der Waals surface area contributed by atoms with Crippen LogP contribution in [-0.2, 0) is 0 Å². The highest BCUT2D eigenvalue weighted by Gasteiger charge is 2.12. The molecule has 0 aliphatic heterocycles. The van der Waals surface area contributed by atoms with Gasteiger partial charge >= 0.3 is 0 Å². The van der Waals surface area contributed by atoms with Crippen LogP contribution >= 0.6 is 0 Å². The van der Waals surface area contributed by atoms with E-state index in [-0.39, 0.29) is 0 Å². The Hall–Kier alpha value is -0.790. The fraction of sp³-hybridized carbons (Fsp3) is 0.700. The normalized spacial score (nSPS) is 13.2. The molecule has 0 aromatic carbocycles. The van der Waals surface area contributed by atoms with E-state index in [1.165, 1.54) is 30.7 Å². The molecule has 1 unspecified atom stereocenters. The standard InChI is InChI=1S/C10H18N2/c1-4-6-9(5-2)10-8(3)11-7-12-10/h7,9H,4-6H2,1-3H3,(H,11,12). The Labute approximate surface area is 74.4 Å². The number of rotatable bonds is 4. The van der Waals surface area contributed by atoms with Gasteiger partial charge in [-0.05, 0) is 19.8 Å². The summed E-state index contributed by atoms with van der Waals surface area (Å²) in [5.41, 5.74) is 2.50. The van der Waals surface area contributed by atoms with Gasteiger partial charge in [0.2, 0.25) is 0 Å². The molecule has 0 spiro atoms. The molecule has 0 aliphatic rings. The van der Waals surface area contributed by atoms with Gasteiger partial charge in [-0.25, -0.2) is 4.98 Å². The molecule has 1 aromatic heterocycles. The number of nitrogens with one attached hydrogen (secondary N) is 1. The summed E-state index contributed by atoms with van der Waals surface area (Å²) in [4.78, 5) is 7.48. The number of imidazole rings is 1. The topological polar surface area (TPSA) is 28.7 Å². The van der Waals surface area contributed by atoms with Gasteiger partial charge in [0.25, 0.3) is 0 Å². The Balaban J connectivity index is 2.72. The fourth-order valence-electron chi connectivity index (χ4n) is 1.66. The summed E-state index contributed by atoms with van der Waals surface area (Å²) in [7, 11) is 0. The summed E-state index contributed by atoms with van der Waals surface area (Å²) in [6.45, 7) is 6.56. The third kappa shape index (κ3) is 1.87. The highest BCUT2D eigenvalue weighted by Crippen LogP contribution is 2.24. The SMILES string of the molecule is CCCC(CC)c1nc[nH]c1C. The second-order valence-corrected chi connectivity index (χ2v) is 3.31. The Morgan fingerprint density at radius 2 is 2.25 bits per heavy atom. The summed E-state index contributed by atoms with van der Waals surface area (Å²) in [6, 6.07) is 0. The Morgan fingerprint density at radius 1 is 1.50 bits per heavy atom. The van der Waals surface area contributed by atoms with E-state index in [0.29, 0.717) is 5.92 Å². The molecule has 0 radical (unpaired) electrons. The second kappa shape index (κ2) is 4.29. The monoisotopic (exact) mass is 166 g/mol. The molecular weight excluding hydrogens is 148 g/mol. The van der Waals surface area contributed by atoms with Crippen LogP contribution in [0, 0.1) is 6.92 Å². The minimum atomic E-state index is 0.654. The Bertz CT molecular complexity index is 227. The van der Waals surface area contributed by atoms with Gasteiger partial charge in [-0.15, -0.1) is 0 Å². The van der Waals surface area contributed by atoms with Gasteiger partial charge in [0.1, 0.15) is 0 Å². The first kappa shape index (κ1) is 9.30. The van der Waals surface area contributed by atoms with Crippen molar-refractivity contribution in [3.63, 3.8) is 0 Å². The molecule has 1 N–H and O–H groups in total. The Kier molecular flexibility index (Phi) is 3.32. The van der Waals surface area contributed by atoms with Gasteiger partial charge in [0, 0.05) is 11.6 Å². The molecule has 0 aliphatic carbocycles. The van der Waals surface area contributed by atoms with Crippen LogP contribution in [0.2, 0.25) is 0 Å². The van der Waals surface area contributed by atoms with Gasteiger partial charge < -0.3 is 4.98 Å². The smallest absolute Gasteiger partial charge is 0.0925 e. The number of hydrogen-bond donors (Lipinski definition) is 1. The summed E-state index contributed by atoms with van der Waals surface area (Å²) < 4.78 is 0. The van der Waals surface area contributed by atoms with Crippen LogP contribution in [0.3, 0.4) is 0 Å². The van der Waals surface area contributed by atoms with Crippen LogP contribution in [-0.4, -0.2) is 9.97 Å². The van der Waals surface area contributed by atoms with Crippen LogP contribution in [0.4, 0.5) is 0 Å². The van der Waals surface area contributed by atoms with E-state index in [4.69, 9.17) is 0 Å². The van der Waals surface area contributed by atoms with Crippen molar-refractivity contribution in [2.75, 3.05) is 0 Å². The first-order valence-corrected chi connectivity index (χ1v) is 4.79. The zero-order chi connectivity index (χ0) is 8.97. The number of nitrogens with zero attached hydrogens (tertiary/aromatic N) is 1. The van der Waals surface area contributed by atoms with E-state index >= 15 is 0 Å². The molecular formula is C10H18N2. The first-order valence-electron chi connectivity index (χ1n) is 4.79. The maximum absolute atomic E-state index is 4.35. The van der Waals surface area contributed by atoms with Crippen LogP contribution in [0.1, 0.15) is 50.4 Å². The highest BCUT2D eigenvalue weighted by molar-refractivity contribution is 5.14. The summed E-state index contributed by atoms with van der Waals surface area (Å²) in [5, 5.41) is 0. The van der Waals surface area contributed by atoms with Crippen LogP contribution < -0.4 is 0 Å². The van der Waals surface area contributed by atoms with E-state index < -0.39 is 0 Å². The molecule has 12 heavy (non-hydrogen) atoms. The largest absolute Gasteiger partial charge is 0.348 e. The third-order valence-corrected chi connectivity index (χ3v) is 2.39. The average molecular weight is 166 g/mol. The van der Waals surface area contributed by atoms with Gasteiger partial charge in [-0.1, -0.05) is 20.3 Å². The molecule has 0 saturated heterocycles. The molecule has 2 nitrogen and oxygen atoms in total. The lowest BCUT2D eigenvalue weighted by Gasteiger charge is -2.11. The van der Waals surface area contributed by atoms with Crippen molar-refractivity contribution >= 4 is 0 Å². The van der Waals surface area contributed by atoms with Crippen molar-refractivity contribution in [2.24, 2.45) is 0 Å². The average Bonchev–Trinajstić information content (AvgIpc) is 2.47. The quantitative estimate of drug-likeness (QED) is 0.731. The molecule has 0 amide bonds. The highest BCUT2D eigenvalue weighted by atomic mass is 14.9. The predicted molar refractivity (Wildman–Crippen MR) is 51.3 cm³/mol. The van der Waals surface area contributed by atoms with E-state index in [9.17, 15) is 0 Å². The van der Waals surface area contributed by atoms with Crippen LogP contribution in [0.15, 0.2) is 6.33 Å². The second-order valence-electron chi connectivity index (χ2n) is 3.31. The minimum absolute atomic E-state index is 0.654. The zero-order valence-corrected chi connectivity index (χ0v) is 8.22. The summed E-state index contributed by atoms with van der Waals surface area (Å²) in [5.74, 6) is 0.654. The van der Waals surface area contributed by atoms with Gasteiger partial charge in [-0.2, -0.15) is 0 Å². The van der Waals surface area contributed by atoms with E-state index in [1.807, 2.05) is 0 Å². The molecule has 1 aromatic rings. The fourth-order valence-corrected chi connectivity index (χ4v) is 1.66. The number of aryl methyl sites for hydroxylation is 1. The Morgan fingerprint density at radius 3 is 2.67 bits per heavy atom. The molecule has 0 fully saturated rings. The van der Waals surface area contributed by atoms with E-state index in [0.717, 1.165) is 0 Å². The van der Waals surface area contributed by atoms with Crippen molar-refractivity contribution in [1.29, 1.82) is 0 Å². The van der Waals surface area contributed by atoms with Crippen molar-refractivity contribution in [2.45, 2.75) is 46.0 Å². The van der Waals surface area contributed by atoms with Gasteiger partial charge in [-0.3, -0.25) is 0 Å². The lowest BCUT2D eigenvalue weighted by molar-refractivity contribution is 0.580. The summed E-state index contributed by atoms with van der Waals surface area (Å²) in [6.07, 6.45) is 5.48. The number of H-pyrrole nitrogens is 1. The van der Waals surface area contributed by atoms with E-state index in [2.05, 4.69) is 30.7 Å². The van der Waals surface area contributed by atoms with Crippen LogP contribution in [0.25, 0.3) is 0 Å². The van der Waals surface area contributed by atoms with Crippen molar-refractivity contribution in [3.05, 3.63) is 17.7 Å². The molecule has 68 valence electrons. The molecule has 0 bridgehead atoms. The predicted octanol–water partition coefficient (Wildman–Crippen LogP) is 3.01. The number of hydrogen-bond acceptors (Lipinski definition) is 1. The zero-order valence-electron chi connectivity index (χ0n) is 8.22. The van der Waals surface area contributed by atoms with Crippen molar-refractivity contribution < 1.29 is 0 Å². The third-order valence-electron chi connectivity index (χ3n) is 2.39. The first-order chi connectivity index (χ1) is 5.79. The molecule has 1 heterocycles. The van der Waals surface area contributed by atoms with Gasteiger partial charge in [0.05, 0.1) is 12.0 Å². The molecule has 0 saturated carbocycles. The molecule has 2 heteroatoms. The molecule has 1 atom stereocenters. The van der Waals surface area contributed by atoms with Crippen molar-refractivity contribution in [3.8, 4) is 0 Å². The maximum Gasteiger partial charge on any atom is 0.0925 e. The maximum atomic E-state index is 4.35.